The van der Waals surface area contributed by atoms with Crippen LogP contribution in [0.5, 0.6) is 0 Å². The summed E-state index contributed by atoms with van der Waals surface area (Å²) in [4.78, 5) is 16.9. The van der Waals surface area contributed by atoms with E-state index in [1.54, 1.807) is 0 Å². The van der Waals surface area contributed by atoms with E-state index < -0.39 is 0 Å². The Balaban J connectivity index is 1.78. The molecule has 1 aromatic carbocycles. The Bertz CT molecular complexity index is 533. The van der Waals surface area contributed by atoms with Crippen LogP contribution in [-0.4, -0.2) is 62.1 Å². The molecule has 2 heterocycles. The fraction of sp³-hybridized carbons (Fsp3) is 0.588. The van der Waals surface area contributed by atoms with E-state index >= 15 is 0 Å². The van der Waals surface area contributed by atoms with Crippen LogP contribution in [0.3, 0.4) is 0 Å². The third-order valence-electron chi connectivity index (χ3n) is 4.71. The van der Waals surface area contributed by atoms with Crippen molar-refractivity contribution >= 4 is 11.6 Å². The summed E-state index contributed by atoms with van der Waals surface area (Å²) in [6, 6.07) is 5.85. The normalized spacial score (nSPS) is 21.0. The first-order valence-electron chi connectivity index (χ1n) is 8.09. The smallest absolute Gasteiger partial charge is 0.254 e. The van der Waals surface area contributed by atoms with Crippen molar-refractivity contribution in [3.8, 4) is 0 Å². The van der Waals surface area contributed by atoms with Crippen molar-refractivity contribution in [3.05, 3.63) is 29.3 Å². The van der Waals surface area contributed by atoms with Gasteiger partial charge >= 0.3 is 0 Å². The molecule has 2 aliphatic heterocycles. The van der Waals surface area contributed by atoms with Gasteiger partial charge in [-0.25, -0.2) is 0 Å². The third kappa shape index (κ3) is 3.42. The van der Waals surface area contributed by atoms with Crippen LogP contribution in [0.4, 0.5) is 5.69 Å². The Labute approximate surface area is 132 Å². The molecule has 2 saturated heterocycles. The summed E-state index contributed by atoms with van der Waals surface area (Å²) in [5, 5.41) is 0. The fourth-order valence-electron chi connectivity index (χ4n) is 3.26. The predicted octanol–water partition coefficient (Wildman–Crippen LogP) is 1.55. The second-order valence-corrected chi connectivity index (χ2v) is 6.37. The molecule has 0 saturated carbocycles. The average molecular weight is 303 g/mol. The molecule has 2 N–H and O–H groups in total. The average Bonchev–Trinajstić information content (AvgIpc) is 2.55. The van der Waals surface area contributed by atoms with E-state index in [0.717, 1.165) is 57.8 Å². The SMILES string of the molecule is CN1CCN(C(=O)c2cc(N)cc(C3CCOCC3)c2)CC1. The number of nitrogens with zero attached hydrogens (tertiary/aromatic N) is 2. The van der Waals surface area contributed by atoms with E-state index in [1.165, 1.54) is 5.56 Å². The number of benzene rings is 1. The highest BCUT2D eigenvalue weighted by Crippen LogP contribution is 2.29. The van der Waals surface area contributed by atoms with E-state index in [2.05, 4.69) is 11.9 Å². The summed E-state index contributed by atoms with van der Waals surface area (Å²) in [7, 11) is 2.09. The standard InChI is InChI=1S/C17H25N3O2/c1-19-4-6-20(7-5-19)17(21)15-10-14(11-16(18)12-15)13-2-8-22-9-3-13/h10-13H,2-9,18H2,1H3. The van der Waals surface area contributed by atoms with Crippen LogP contribution in [0.25, 0.3) is 0 Å². The van der Waals surface area contributed by atoms with Crippen molar-refractivity contribution in [2.45, 2.75) is 18.8 Å². The van der Waals surface area contributed by atoms with Crippen LogP contribution < -0.4 is 5.73 Å². The maximum atomic E-state index is 12.7. The maximum Gasteiger partial charge on any atom is 0.254 e. The van der Waals surface area contributed by atoms with Crippen LogP contribution in [0, 0.1) is 0 Å². The van der Waals surface area contributed by atoms with Gasteiger partial charge in [0.1, 0.15) is 0 Å². The Hall–Kier alpha value is -1.59. The molecular formula is C17H25N3O2. The zero-order valence-electron chi connectivity index (χ0n) is 13.3. The summed E-state index contributed by atoms with van der Waals surface area (Å²) in [5.74, 6) is 0.560. The predicted molar refractivity (Wildman–Crippen MR) is 87.0 cm³/mol. The maximum absolute atomic E-state index is 12.7. The highest BCUT2D eigenvalue weighted by Gasteiger charge is 2.23. The van der Waals surface area contributed by atoms with Crippen LogP contribution >= 0.6 is 0 Å². The molecule has 0 unspecified atom stereocenters. The number of hydrogen-bond acceptors (Lipinski definition) is 4. The van der Waals surface area contributed by atoms with Gasteiger partial charge in [-0.3, -0.25) is 4.79 Å². The molecule has 2 fully saturated rings. The fourth-order valence-corrected chi connectivity index (χ4v) is 3.26. The Morgan fingerprint density at radius 3 is 2.50 bits per heavy atom. The van der Waals surface area contributed by atoms with Gasteiger partial charge in [-0.05, 0) is 49.6 Å². The Kier molecular flexibility index (Phi) is 4.64. The number of nitrogens with two attached hydrogens (primary N) is 1. The highest BCUT2D eigenvalue weighted by atomic mass is 16.5. The number of carbonyl (C=O) groups is 1. The highest BCUT2D eigenvalue weighted by molar-refractivity contribution is 5.95. The molecule has 1 aromatic rings. The molecule has 22 heavy (non-hydrogen) atoms. The minimum absolute atomic E-state index is 0.105. The monoisotopic (exact) mass is 303 g/mol. The summed E-state index contributed by atoms with van der Waals surface area (Å²) in [6.07, 6.45) is 2.01. The third-order valence-corrected chi connectivity index (χ3v) is 4.71. The molecule has 5 heteroatoms. The molecule has 1 amide bonds. The zero-order chi connectivity index (χ0) is 15.5. The van der Waals surface area contributed by atoms with Crippen molar-refractivity contribution in [2.75, 3.05) is 52.2 Å². The molecule has 0 atom stereocenters. The molecule has 0 bridgehead atoms. The van der Waals surface area contributed by atoms with Gasteiger partial charge in [0.25, 0.3) is 5.91 Å². The van der Waals surface area contributed by atoms with Crippen molar-refractivity contribution in [3.63, 3.8) is 0 Å². The van der Waals surface area contributed by atoms with Crippen molar-refractivity contribution in [2.24, 2.45) is 0 Å². The van der Waals surface area contributed by atoms with E-state index in [4.69, 9.17) is 10.5 Å². The van der Waals surface area contributed by atoms with Gasteiger partial charge in [0, 0.05) is 50.6 Å². The number of piperazine rings is 1. The van der Waals surface area contributed by atoms with Crippen molar-refractivity contribution in [1.82, 2.24) is 9.80 Å². The first-order valence-corrected chi connectivity index (χ1v) is 8.09. The van der Waals surface area contributed by atoms with Crippen LogP contribution in [0.2, 0.25) is 0 Å². The summed E-state index contributed by atoms with van der Waals surface area (Å²) < 4.78 is 5.42. The van der Waals surface area contributed by atoms with Gasteiger partial charge in [-0.2, -0.15) is 0 Å². The Morgan fingerprint density at radius 1 is 1.14 bits per heavy atom. The van der Waals surface area contributed by atoms with E-state index in [9.17, 15) is 4.79 Å². The lowest BCUT2D eigenvalue weighted by Crippen LogP contribution is -2.47. The van der Waals surface area contributed by atoms with Crippen molar-refractivity contribution < 1.29 is 9.53 Å². The first-order chi connectivity index (χ1) is 10.6. The number of ether oxygens (including phenoxy) is 1. The molecular weight excluding hydrogens is 278 g/mol. The molecule has 3 rings (SSSR count). The zero-order valence-corrected chi connectivity index (χ0v) is 13.3. The lowest BCUT2D eigenvalue weighted by Gasteiger charge is -2.32. The number of nitrogen functional groups attached to an aromatic ring is 1. The van der Waals surface area contributed by atoms with Gasteiger partial charge in [0.15, 0.2) is 0 Å². The molecule has 0 radical (unpaired) electrons. The molecule has 0 aliphatic carbocycles. The molecule has 0 spiro atoms. The minimum atomic E-state index is 0.105. The lowest BCUT2D eigenvalue weighted by molar-refractivity contribution is 0.0663. The second-order valence-electron chi connectivity index (χ2n) is 6.37. The molecule has 5 nitrogen and oxygen atoms in total. The topological polar surface area (TPSA) is 58.8 Å². The van der Waals surface area contributed by atoms with Crippen LogP contribution in [0.1, 0.15) is 34.7 Å². The lowest BCUT2D eigenvalue weighted by atomic mass is 9.90. The first kappa shape index (κ1) is 15.3. The Morgan fingerprint density at radius 2 is 1.82 bits per heavy atom. The molecule has 120 valence electrons. The summed E-state index contributed by atoms with van der Waals surface area (Å²) in [5.41, 5.74) is 8.64. The number of carbonyl (C=O) groups excluding carboxylic acids is 1. The van der Waals surface area contributed by atoms with Gasteiger partial charge in [0.2, 0.25) is 0 Å². The van der Waals surface area contributed by atoms with Crippen LogP contribution in [0.15, 0.2) is 18.2 Å². The van der Waals surface area contributed by atoms with Gasteiger partial charge in [-0.1, -0.05) is 0 Å². The molecule has 0 aromatic heterocycles. The number of likely N-dealkylation sites (N-methyl/N-ethyl adjacent to an activating group) is 1. The summed E-state index contributed by atoms with van der Waals surface area (Å²) >= 11 is 0. The van der Waals surface area contributed by atoms with Gasteiger partial charge in [0.05, 0.1) is 0 Å². The minimum Gasteiger partial charge on any atom is -0.399 e. The number of anilines is 1. The summed E-state index contributed by atoms with van der Waals surface area (Å²) in [6.45, 7) is 5.03. The van der Waals surface area contributed by atoms with Gasteiger partial charge in [-0.15, -0.1) is 0 Å². The quantitative estimate of drug-likeness (QED) is 0.842. The second kappa shape index (κ2) is 6.67. The number of hydrogen-bond donors (Lipinski definition) is 1. The van der Waals surface area contributed by atoms with E-state index in [-0.39, 0.29) is 5.91 Å². The van der Waals surface area contributed by atoms with Crippen molar-refractivity contribution in [1.29, 1.82) is 0 Å². The van der Waals surface area contributed by atoms with Gasteiger partial charge < -0.3 is 20.3 Å². The van der Waals surface area contributed by atoms with E-state index in [0.29, 0.717) is 11.6 Å². The van der Waals surface area contributed by atoms with E-state index in [1.807, 2.05) is 23.1 Å². The number of rotatable bonds is 2. The largest absolute Gasteiger partial charge is 0.399 e. The molecule has 2 aliphatic rings. The number of amides is 1. The van der Waals surface area contributed by atoms with Crippen LogP contribution in [-0.2, 0) is 4.74 Å².